The van der Waals surface area contributed by atoms with E-state index in [-0.39, 0.29) is 10.8 Å². The first-order valence-electron chi connectivity index (χ1n) is 8.55. The Morgan fingerprint density at radius 3 is 2.50 bits per heavy atom. The molecule has 0 spiro atoms. The first-order valence-corrected chi connectivity index (χ1v) is 10.4. The van der Waals surface area contributed by atoms with E-state index in [4.69, 9.17) is 11.6 Å². The zero-order chi connectivity index (χ0) is 19.0. The summed E-state index contributed by atoms with van der Waals surface area (Å²) in [6.07, 6.45) is 2.34. The Hall–Kier alpha value is -1.89. The molecular weight excluding hydrogens is 372 g/mol. The van der Waals surface area contributed by atoms with Gasteiger partial charge in [-0.25, -0.2) is 13.1 Å². The van der Waals surface area contributed by atoms with Crippen LogP contribution in [0.5, 0.6) is 0 Å². The van der Waals surface area contributed by atoms with Crippen LogP contribution in [-0.2, 0) is 16.4 Å². The van der Waals surface area contributed by atoms with Crippen LogP contribution in [0.1, 0.15) is 35.7 Å². The summed E-state index contributed by atoms with van der Waals surface area (Å²) >= 11 is 5.84. The average Bonchev–Trinajstić information content (AvgIpc) is 2.63. The SMILES string of the molecule is CCCCNS(=O)(=O)c1cccc(C(=O)NCCc2ccc(Cl)cc2)c1. The Labute approximate surface area is 159 Å². The molecule has 7 heteroatoms. The van der Waals surface area contributed by atoms with Crippen molar-refractivity contribution in [2.24, 2.45) is 0 Å². The number of nitrogens with one attached hydrogen (secondary N) is 2. The Kier molecular flexibility index (Phi) is 7.63. The van der Waals surface area contributed by atoms with Crippen molar-refractivity contribution < 1.29 is 13.2 Å². The highest BCUT2D eigenvalue weighted by Crippen LogP contribution is 2.12. The van der Waals surface area contributed by atoms with Crippen molar-refractivity contribution in [3.63, 3.8) is 0 Å². The van der Waals surface area contributed by atoms with Crippen molar-refractivity contribution in [2.45, 2.75) is 31.1 Å². The molecule has 0 unspecified atom stereocenters. The van der Waals surface area contributed by atoms with Gasteiger partial charge in [-0.15, -0.1) is 0 Å². The monoisotopic (exact) mass is 394 g/mol. The molecule has 0 aliphatic rings. The van der Waals surface area contributed by atoms with E-state index in [1.54, 1.807) is 24.3 Å². The maximum Gasteiger partial charge on any atom is 0.251 e. The molecule has 0 aromatic heterocycles. The Morgan fingerprint density at radius 1 is 1.08 bits per heavy atom. The van der Waals surface area contributed by atoms with Gasteiger partial charge in [0.25, 0.3) is 5.91 Å². The van der Waals surface area contributed by atoms with Crippen molar-refractivity contribution in [3.05, 3.63) is 64.7 Å². The first kappa shape index (κ1) is 20.4. The maximum atomic E-state index is 12.3. The summed E-state index contributed by atoms with van der Waals surface area (Å²) in [4.78, 5) is 12.4. The van der Waals surface area contributed by atoms with E-state index in [1.165, 1.54) is 12.1 Å². The Balaban J connectivity index is 1.95. The number of sulfonamides is 1. The fourth-order valence-electron chi connectivity index (χ4n) is 2.34. The van der Waals surface area contributed by atoms with E-state index in [0.717, 1.165) is 18.4 Å². The number of carbonyl (C=O) groups excluding carboxylic acids is 1. The van der Waals surface area contributed by atoms with Gasteiger partial charge in [-0.05, 0) is 48.7 Å². The minimum Gasteiger partial charge on any atom is -0.352 e. The molecule has 2 aromatic rings. The van der Waals surface area contributed by atoms with Crippen LogP contribution in [0.2, 0.25) is 5.02 Å². The minimum absolute atomic E-state index is 0.0963. The van der Waals surface area contributed by atoms with Gasteiger partial charge >= 0.3 is 0 Å². The molecule has 1 amide bonds. The van der Waals surface area contributed by atoms with E-state index in [2.05, 4.69) is 10.0 Å². The molecule has 0 aliphatic heterocycles. The number of carbonyl (C=O) groups is 1. The third kappa shape index (κ3) is 6.12. The molecule has 140 valence electrons. The molecule has 2 N–H and O–H groups in total. The summed E-state index contributed by atoms with van der Waals surface area (Å²) in [6, 6.07) is 13.5. The van der Waals surface area contributed by atoms with E-state index in [9.17, 15) is 13.2 Å². The summed E-state index contributed by atoms with van der Waals surface area (Å²) in [5.41, 5.74) is 1.38. The number of amides is 1. The number of hydrogen-bond acceptors (Lipinski definition) is 3. The fourth-order valence-corrected chi connectivity index (χ4v) is 3.59. The Morgan fingerprint density at radius 2 is 1.81 bits per heavy atom. The van der Waals surface area contributed by atoms with Crippen LogP contribution in [0.15, 0.2) is 53.4 Å². The summed E-state index contributed by atoms with van der Waals surface area (Å²) < 4.78 is 27.1. The molecule has 5 nitrogen and oxygen atoms in total. The van der Waals surface area contributed by atoms with E-state index >= 15 is 0 Å². The van der Waals surface area contributed by atoms with E-state index < -0.39 is 10.0 Å². The molecule has 0 radical (unpaired) electrons. The second kappa shape index (κ2) is 9.71. The van der Waals surface area contributed by atoms with Gasteiger partial charge in [-0.2, -0.15) is 0 Å². The van der Waals surface area contributed by atoms with Crippen LogP contribution < -0.4 is 10.0 Å². The predicted molar refractivity (Wildman–Crippen MR) is 104 cm³/mol. The van der Waals surface area contributed by atoms with Crippen LogP contribution >= 0.6 is 11.6 Å². The van der Waals surface area contributed by atoms with Crippen LogP contribution in [0.3, 0.4) is 0 Å². The first-order chi connectivity index (χ1) is 12.4. The van der Waals surface area contributed by atoms with Gasteiger partial charge in [-0.1, -0.05) is 43.1 Å². The topological polar surface area (TPSA) is 75.3 Å². The van der Waals surface area contributed by atoms with Gasteiger partial charge in [0.1, 0.15) is 0 Å². The van der Waals surface area contributed by atoms with Gasteiger partial charge in [-0.3, -0.25) is 4.79 Å². The van der Waals surface area contributed by atoms with Crippen molar-refractivity contribution in [2.75, 3.05) is 13.1 Å². The molecule has 0 heterocycles. The van der Waals surface area contributed by atoms with Crippen LogP contribution in [0, 0.1) is 0 Å². The minimum atomic E-state index is -3.60. The normalized spacial score (nSPS) is 11.3. The maximum absolute atomic E-state index is 12.3. The van der Waals surface area contributed by atoms with Crippen LogP contribution in [0.25, 0.3) is 0 Å². The third-order valence-electron chi connectivity index (χ3n) is 3.84. The van der Waals surface area contributed by atoms with Crippen LogP contribution in [0.4, 0.5) is 0 Å². The van der Waals surface area contributed by atoms with Gasteiger partial charge < -0.3 is 5.32 Å². The fraction of sp³-hybridized carbons (Fsp3) is 0.316. The zero-order valence-corrected chi connectivity index (χ0v) is 16.2. The molecule has 0 aliphatic carbocycles. The van der Waals surface area contributed by atoms with Gasteiger partial charge in [0.2, 0.25) is 10.0 Å². The number of halogens is 1. The van der Waals surface area contributed by atoms with E-state index in [1.807, 2.05) is 19.1 Å². The van der Waals surface area contributed by atoms with Crippen LogP contribution in [-0.4, -0.2) is 27.4 Å². The second-order valence-corrected chi connectivity index (χ2v) is 8.11. The number of rotatable bonds is 9. The lowest BCUT2D eigenvalue weighted by molar-refractivity contribution is 0.0954. The molecule has 0 saturated heterocycles. The molecule has 26 heavy (non-hydrogen) atoms. The quantitative estimate of drug-likeness (QED) is 0.640. The summed E-state index contributed by atoms with van der Waals surface area (Å²) in [5.74, 6) is -0.301. The molecule has 0 saturated carbocycles. The summed E-state index contributed by atoms with van der Waals surface area (Å²) in [7, 11) is -3.60. The highest BCUT2D eigenvalue weighted by atomic mass is 35.5. The van der Waals surface area contributed by atoms with Gasteiger partial charge in [0, 0.05) is 23.7 Å². The number of unbranched alkanes of at least 4 members (excludes halogenated alkanes) is 1. The standard InChI is InChI=1S/C19H23ClN2O3S/c1-2-3-12-22-26(24,25)18-6-4-5-16(14-18)19(23)21-13-11-15-7-9-17(20)10-8-15/h4-10,14,22H,2-3,11-13H2,1H3,(H,21,23). The molecule has 0 atom stereocenters. The van der Waals surface area contributed by atoms with Gasteiger partial charge in [0.05, 0.1) is 4.90 Å². The highest BCUT2D eigenvalue weighted by molar-refractivity contribution is 7.89. The van der Waals surface area contributed by atoms with Crippen molar-refractivity contribution in [3.8, 4) is 0 Å². The number of benzene rings is 2. The molecule has 2 rings (SSSR count). The van der Waals surface area contributed by atoms with Gasteiger partial charge in [0.15, 0.2) is 0 Å². The average molecular weight is 395 g/mol. The zero-order valence-electron chi connectivity index (χ0n) is 14.7. The van der Waals surface area contributed by atoms with E-state index in [0.29, 0.717) is 30.1 Å². The largest absolute Gasteiger partial charge is 0.352 e. The predicted octanol–water partition coefficient (Wildman–Crippen LogP) is 3.39. The molecular formula is C19H23ClN2O3S. The number of hydrogen-bond donors (Lipinski definition) is 2. The molecule has 2 aromatic carbocycles. The smallest absolute Gasteiger partial charge is 0.251 e. The highest BCUT2D eigenvalue weighted by Gasteiger charge is 2.15. The molecule has 0 fully saturated rings. The van der Waals surface area contributed by atoms with Crippen molar-refractivity contribution in [1.82, 2.24) is 10.0 Å². The lowest BCUT2D eigenvalue weighted by Crippen LogP contribution is -2.27. The summed E-state index contributed by atoms with van der Waals surface area (Å²) in [6.45, 7) is 2.83. The lowest BCUT2D eigenvalue weighted by atomic mass is 10.1. The lowest BCUT2D eigenvalue weighted by Gasteiger charge is -2.09. The Bertz CT molecular complexity index is 836. The molecule has 0 bridgehead atoms. The second-order valence-electron chi connectivity index (χ2n) is 5.91. The third-order valence-corrected chi connectivity index (χ3v) is 5.55. The van der Waals surface area contributed by atoms with Crippen molar-refractivity contribution in [1.29, 1.82) is 0 Å². The summed E-state index contributed by atoms with van der Waals surface area (Å²) in [5, 5.41) is 3.48. The van der Waals surface area contributed by atoms with Crippen molar-refractivity contribution >= 4 is 27.5 Å².